The van der Waals surface area contributed by atoms with Crippen LogP contribution in [0.5, 0.6) is 0 Å². The maximum Gasteiger partial charge on any atom is 0.410 e. The summed E-state index contributed by atoms with van der Waals surface area (Å²) in [4.78, 5) is 33.1. The number of hydrogen-bond donors (Lipinski definition) is 0. The Morgan fingerprint density at radius 2 is 1.84 bits per heavy atom. The van der Waals surface area contributed by atoms with E-state index >= 15 is 0 Å². The van der Waals surface area contributed by atoms with Crippen molar-refractivity contribution in [2.45, 2.75) is 26.4 Å². The lowest BCUT2D eigenvalue weighted by atomic mass is 10.2. The van der Waals surface area contributed by atoms with Gasteiger partial charge in [0.15, 0.2) is 0 Å². The zero-order chi connectivity index (χ0) is 18.2. The largest absolute Gasteiger partial charge is 0.444 e. The van der Waals surface area contributed by atoms with Gasteiger partial charge in [0.1, 0.15) is 5.60 Å². The Morgan fingerprint density at radius 3 is 2.44 bits per heavy atom. The predicted molar refractivity (Wildman–Crippen MR) is 98.3 cm³/mol. The first-order valence-corrected chi connectivity index (χ1v) is 9.25. The summed E-state index contributed by atoms with van der Waals surface area (Å²) in [6.07, 6.45) is 1.29. The average molecular weight is 382 g/mol. The van der Waals surface area contributed by atoms with E-state index in [4.69, 9.17) is 16.3 Å². The van der Waals surface area contributed by atoms with Crippen molar-refractivity contribution in [3.8, 4) is 0 Å². The molecule has 0 aliphatic carbocycles. The van der Waals surface area contributed by atoms with Crippen LogP contribution in [0.1, 0.15) is 30.4 Å². The number of pyridine rings is 1. The molecule has 1 saturated heterocycles. The molecule has 1 aliphatic rings. The molecule has 3 rings (SSSR count). The second-order valence-corrected chi connectivity index (χ2v) is 8.34. The van der Waals surface area contributed by atoms with Crippen LogP contribution in [-0.4, -0.2) is 58.6 Å². The summed E-state index contributed by atoms with van der Waals surface area (Å²) in [5.74, 6) is -0.0529. The molecule has 134 valence electrons. The van der Waals surface area contributed by atoms with E-state index in [0.717, 1.165) is 10.2 Å². The molecule has 3 heterocycles. The van der Waals surface area contributed by atoms with Gasteiger partial charge in [0.05, 0.1) is 20.1 Å². The monoisotopic (exact) mass is 381 g/mol. The molecule has 0 atom stereocenters. The number of hydrogen-bond acceptors (Lipinski definition) is 5. The minimum Gasteiger partial charge on any atom is -0.444 e. The fourth-order valence-electron chi connectivity index (χ4n) is 2.59. The molecule has 0 saturated carbocycles. The van der Waals surface area contributed by atoms with E-state index in [1.165, 1.54) is 11.3 Å². The average Bonchev–Trinajstić information content (AvgIpc) is 2.98. The second kappa shape index (κ2) is 6.80. The number of thiophene rings is 1. The molecule has 0 radical (unpaired) electrons. The highest BCUT2D eigenvalue weighted by molar-refractivity contribution is 7.21. The summed E-state index contributed by atoms with van der Waals surface area (Å²) in [5.41, 5.74) is 0.209. The van der Waals surface area contributed by atoms with Crippen LogP contribution in [0.3, 0.4) is 0 Å². The predicted octanol–water partition coefficient (Wildman–Crippen LogP) is 3.64. The van der Waals surface area contributed by atoms with Crippen molar-refractivity contribution in [2.24, 2.45) is 0 Å². The lowest BCUT2D eigenvalue weighted by molar-refractivity contribution is 0.0141. The minimum absolute atomic E-state index is 0.0529. The summed E-state index contributed by atoms with van der Waals surface area (Å²) in [7, 11) is 0. The summed E-state index contributed by atoms with van der Waals surface area (Å²) >= 11 is 7.50. The first-order chi connectivity index (χ1) is 11.7. The van der Waals surface area contributed by atoms with Crippen LogP contribution in [-0.2, 0) is 4.74 Å². The van der Waals surface area contributed by atoms with Crippen molar-refractivity contribution in [1.29, 1.82) is 0 Å². The summed E-state index contributed by atoms with van der Waals surface area (Å²) < 4.78 is 6.19. The van der Waals surface area contributed by atoms with Crippen LogP contribution in [0.2, 0.25) is 5.02 Å². The van der Waals surface area contributed by atoms with Gasteiger partial charge < -0.3 is 14.5 Å². The number of halogens is 1. The van der Waals surface area contributed by atoms with E-state index in [0.29, 0.717) is 36.1 Å². The van der Waals surface area contributed by atoms with Crippen molar-refractivity contribution < 1.29 is 14.3 Å². The summed E-state index contributed by atoms with van der Waals surface area (Å²) in [6, 6.07) is 3.49. The van der Waals surface area contributed by atoms with E-state index in [1.807, 2.05) is 20.8 Å². The minimum atomic E-state index is -0.520. The van der Waals surface area contributed by atoms with E-state index in [-0.39, 0.29) is 12.0 Å². The molecule has 0 unspecified atom stereocenters. The number of piperazine rings is 1. The highest BCUT2D eigenvalue weighted by Crippen LogP contribution is 2.31. The molecule has 25 heavy (non-hydrogen) atoms. The second-order valence-electron chi connectivity index (χ2n) is 6.88. The molecule has 0 N–H and O–H groups in total. The maximum absolute atomic E-state index is 12.7. The molecule has 2 aromatic rings. The van der Waals surface area contributed by atoms with Gasteiger partial charge in [-0.3, -0.25) is 9.78 Å². The van der Waals surface area contributed by atoms with Gasteiger partial charge in [0, 0.05) is 32.4 Å². The van der Waals surface area contributed by atoms with Crippen molar-refractivity contribution in [3.63, 3.8) is 0 Å². The number of fused-ring (bicyclic) bond motifs is 1. The van der Waals surface area contributed by atoms with Gasteiger partial charge in [-0.15, -0.1) is 11.3 Å². The Hall–Kier alpha value is -1.86. The Balaban J connectivity index is 1.65. The van der Waals surface area contributed by atoms with Crippen molar-refractivity contribution in [3.05, 3.63) is 28.2 Å². The van der Waals surface area contributed by atoms with E-state index < -0.39 is 5.60 Å². The number of ether oxygens (including phenoxy) is 1. The van der Waals surface area contributed by atoms with Gasteiger partial charge in [0.25, 0.3) is 5.91 Å². The topological polar surface area (TPSA) is 62.7 Å². The highest BCUT2D eigenvalue weighted by Gasteiger charge is 2.28. The third-order valence-electron chi connectivity index (χ3n) is 3.79. The van der Waals surface area contributed by atoms with Gasteiger partial charge >= 0.3 is 6.09 Å². The SMILES string of the molecule is CC(C)(C)OC(=O)N1CCN(C(=O)c2cc3nccc(Cl)c3s2)CC1. The number of nitrogens with zero attached hydrogens (tertiary/aromatic N) is 3. The van der Waals surface area contributed by atoms with Gasteiger partial charge in [-0.25, -0.2) is 4.79 Å². The van der Waals surface area contributed by atoms with Crippen LogP contribution < -0.4 is 0 Å². The standard InChI is InChI=1S/C17H20ClN3O3S/c1-17(2,3)24-16(23)21-8-6-20(7-9-21)15(22)13-10-12-14(25-13)11(18)4-5-19-12/h4-5,10H,6-9H2,1-3H3. The summed E-state index contributed by atoms with van der Waals surface area (Å²) in [6.45, 7) is 7.40. The molecule has 1 fully saturated rings. The molecule has 0 spiro atoms. The molecule has 2 aromatic heterocycles. The van der Waals surface area contributed by atoms with Gasteiger partial charge in [-0.2, -0.15) is 0 Å². The van der Waals surface area contributed by atoms with Crippen molar-refractivity contribution in [1.82, 2.24) is 14.8 Å². The third kappa shape index (κ3) is 4.04. The van der Waals surface area contributed by atoms with Crippen LogP contribution in [0.4, 0.5) is 4.79 Å². The number of amides is 2. The fourth-order valence-corrected chi connectivity index (χ4v) is 3.84. The van der Waals surface area contributed by atoms with Crippen LogP contribution in [0.15, 0.2) is 18.3 Å². The van der Waals surface area contributed by atoms with E-state index in [2.05, 4.69) is 4.98 Å². The first-order valence-electron chi connectivity index (χ1n) is 8.06. The van der Waals surface area contributed by atoms with Crippen LogP contribution in [0.25, 0.3) is 10.2 Å². The normalized spacial score (nSPS) is 15.5. The quantitative estimate of drug-likeness (QED) is 0.756. The van der Waals surface area contributed by atoms with Gasteiger partial charge in [-0.1, -0.05) is 11.6 Å². The lowest BCUT2D eigenvalue weighted by Gasteiger charge is -2.35. The Kier molecular flexibility index (Phi) is 4.88. The van der Waals surface area contributed by atoms with Gasteiger partial charge in [0.2, 0.25) is 0 Å². The number of aromatic nitrogens is 1. The number of carbonyl (C=O) groups excluding carboxylic acids is 2. The summed E-state index contributed by atoms with van der Waals surface area (Å²) in [5, 5.41) is 0.601. The van der Waals surface area contributed by atoms with Crippen molar-refractivity contribution >= 4 is 45.2 Å². The van der Waals surface area contributed by atoms with E-state index in [1.54, 1.807) is 28.1 Å². The Morgan fingerprint density at radius 1 is 1.20 bits per heavy atom. The third-order valence-corrected chi connectivity index (χ3v) is 5.37. The maximum atomic E-state index is 12.7. The molecule has 8 heteroatoms. The van der Waals surface area contributed by atoms with Crippen molar-refractivity contribution in [2.75, 3.05) is 26.2 Å². The molecule has 0 aromatic carbocycles. The number of carbonyl (C=O) groups is 2. The van der Waals surface area contributed by atoms with Gasteiger partial charge in [-0.05, 0) is 32.9 Å². The molecule has 0 bridgehead atoms. The smallest absolute Gasteiger partial charge is 0.410 e. The molecule has 2 amide bonds. The zero-order valence-corrected chi connectivity index (χ0v) is 16.0. The molecular formula is C17H20ClN3O3S. The zero-order valence-electron chi connectivity index (χ0n) is 14.4. The molecule has 6 nitrogen and oxygen atoms in total. The highest BCUT2D eigenvalue weighted by atomic mass is 35.5. The lowest BCUT2D eigenvalue weighted by Crippen LogP contribution is -2.51. The number of rotatable bonds is 1. The first kappa shape index (κ1) is 17.9. The molecule has 1 aliphatic heterocycles. The van der Waals surface area contributed by atoms with Crippen LogP contribution in [0, 0.1) is 0 Å². The van der Waals surface area contributed by atoms with Crippen LogP contribution >= 0.6 is 22.9 Å². The molecular weight excluding hydrogens is 362 g/mol. The Bertz CT molecular complexity index is 807. The van der Waals surface area contributed by atoms with E-state index in [9.17, 15) is 9.59 Å². The Labute approximate surface area is 155 Å². The fraction of sp³-hybridized carbons (Fsp3) is 0.471.